The molecule has 0 aliphatic heterocycles. The smallest absolute Gasteiger partial charge is 0.362 e. The number of rotatable bonds is 4. The summed E-state index contributed by atoms with van der Waals surface area (Å²) in [6, 6.07) is 0. The average molecular weight is 220 g/mol. The molecule has 2 N–H and O–H groups in total. The van der Waals surface area contributed by atoms with Crippen LogP contribution < -0.4 is 0 Å². The summed E-state index contributed by atoms with van der Waals surface area (Å²) in [6.45, 7) is 2.65. The zero-order valence-corrected chi connectivity index (χ0v) is 7.75. The molecule has 0 rings (SSSR count). The molecule has 0 aromatic rings. The fourth-order valence-electron chi connectivity index (χ4n) is 0.464. The molecular weight excluding hydrogens is 210 g/mol. The number of alkyl halides is 2. The minimum Gasteiger partial charge on any atom is -0.362 e. The maximum Gasteiger partial charge on any atom is 0.418 e. The Morgan fingerprint density at radius 3 is 2.00 bits per heavy atom. The van der Waals surface area contributed by atoms with Crippen LogP contribution in [0.15, 0.2) is 0 Å². The lowest BCUT2D eigenvalue weighted by atomic mass is 10.5. The fourth-order valence-corrected chi connectivity index (χ4v) is 0.775. The summed E-state index contributed by atoms with van der Waals surface area (Å²) in [7, 11) is -5.66. The monoisotopic (exact) mass is 220 g/mol. The van der Waals surface area contributed by atoms with Gasteiger partial charge in [-0.25, -0.2) is 0 Å². The molecule has 0 radical (unpaired) electrons. The van der Waals surface area contributed by atoms with Crippen LogP contribution >= 0.6 is 0 Å². The molecule has 0 spiro atoms. The molecule has 0 aliphatic carbocycles. The molecule has 1 atom stereocenters. The Morgan fingerprint density at radius 1 is 1.38 bits per heavy atom. The third kappa shape index (κ3) is 3.14. The van der Waals surface area contributed by atoms with Gasteiger partial charge in [0.2, 0.25) is 6.29 Å². The van der Waals surface area contributed by atoms with Gasteiger partial charge in [0.1, 0.15) is 0 Å². The number of hydrogen-bond acceptors (Lipinski definition) is 4. The fraction of sp³-hybridized carbons (Fsp3) is 1.00. The van der Waals surface area contributed by atoms with Gasteiger partial charge >= 0.3 is 15.4 Å². The van der Waals surface area contributed by atoms with Gasteiger partial charge in [-0.15, -0.1) is 0 Å². The highest BCUT2D eigenvalue weighted by atomic mass is 32.2. The second-order valence-corrected chi connectivity index (χ2v) is 4.07. The summed E-state index contributed by atoms with van der Waals surface area (Å²) in [5.74, 6) is 0. The molecule has 0 saturated carbocycles. The van der Waals surface area contributed by atoms with Gasteiger partial charge in [-0.1, -0.05) is 0 Å². The molecule has 0 aliphatic rings. The van der Waals surface area contributed by atoms with E-state index in [2.05, 4.69) is 4.74 Å². The lowest BCUT2D eigenvalue weighted by molar-refractivity contribution is -0.213. The highest BCUT2D eigenvalue weighted by molar-refractivity contribution is 7.86. The van der Waals surface area contributed by atoms with Crippen molar-refractivity contribution in [3.63, 3.8) is 0 Å². The van der Waals surface area contributed by atoms with Gasteiger partial charge in [-0.3, -0.25) is 4.55 Å². The first-order chi connectivity index (χ1) is 5.59. The number of aliphatic hydroxyl groups excluding tert-OH is 1. The lowest BCUT2D eigenvalue weighted by Crippen LogP contribution is -2.43. The molecule has 0 bridgehead atoms. The number of ether oxygens (including phenoxy) is 1. The van der Waals surface area contributed by atoms with E-state index in [1.807, 2.05) is 0 Å². The van der Waals surface area contributed by atoms with E-state index in [4.69, 9.17) is 9.66 Å². The van der Waals surface area contributed by atoms with Gasteiger partial charge in [0.15, 0.2) is 0 Å². The van der Waals surface area contributed by atoms with Crippen molar-refractivity contribution in [3.8, 4) is 0 Å². The Labute approximate surface area is 74.1 Å². The summed E-state index contributed by atoms with van der Waals surface area (Å²) >= 11 is 0. The third-order valence-corrected chi connectivity index (χ3v) is 1.92. The van der Waals surface area contributed by atoms with Crippen molar-refractivity contribution in [2.75, 3.05) is 0 Å². The predicted octanol–water partition coefficient (Wildman–Crippen LogP) is 0.210. The van der Waals surface area contributed by atoms with Crippen LogP contribution in [0, 0.1) is 0 Å². The molecule has 0 heterocycles. The topological polar surface area (TPSA) is 83.8 Å². The van der Waals surface area contributed by atoms with E-state index >= 15 is 0 Å². The van der Waals surface area contributed by atoms with E-state index in [-0.39, 0.29) is 0 Å². The molecule has 8 heteroatoms. The van der Waals surface area contributed by atoms with Crippen molar-refractivity contribution in [1.29, 1.82) is 0 Å². The maximum atomic E-state index is 12.5. The number of aliphatic hydroxyl groups is 1. The third-order valence-electron chi connectivity index (χ3n) is 1.03. The number of halogens is 2. The van der Waals surface area contributed by atoms with Crippen LogP contribution in [-0.2, 0) is 14.9 Å². The molecule has 0 saturated heterocycles. The summed E-state index contributed by atoms with van der Waals surface area (Å²) in [4.78, 5) is 0. The summed E-state index contributed by atoms with van der Waals surface area (Å²) in [5.41, 5.74) is 0. The molecule has 0 amide bonds. The van der Waals surface area contributed by atoms with Crippen molar-refractivity contribution in [2.45, 2.75) is 31.5 Å². The Hall–Kier alpha value is -0.310. The second-order valence-electron chi connectivity index (χ2n) is 2.57. The summed E-state index contributed by atoms with van der Waals surface area (Å²) in [5, 5.41) is 3.86. The highest BCUT2D eigenvalue weighted by Gasteiger charge is 2.52. The van der Waals surface area contributed by atoms with Crippen molar-refractivity contribution >= 4 is 10.1 Å². The molecule has 0 aromatic heterocycles. The molecule has 5 nitrogen and oxygen atoms in total. The maximum absolute atomic E-state index is 12.5. The van der Waals surface area contributed by atoms with Gasteiger partial charge in [0, 0.05) is 0 Å². The van der Waals surface area contributed by atoms with Gasteiger partial charge in [0.25, 0.3) is 0 Å². The van der Waals surface area contributed by atoms with Crippen LogP contribution in [0.5, 0.6) is 0 Å². The standard InChI is InChI=1S/C5H10F2O5S/c1-3(2)12-4(8)5(6,7)13(9,10)11/h3-4,8H,1-2H3,(H,9,10,11). The number of hydrogen-bond donors (Lipinski definition) is 2. The first-order valence-corrected chi connectivity index (χ1v) is 4.71. The minimum absolute atomic E-state index is 0.789. The highest BCUT2D eigenvalue weighted by Crippen LogP contribution is 2.26. The molecule has 80 valence electrons. The van der Waals surface area contributed by atoms with Crippen molar-refractivity contribution in [1.82, 2.24) is 0 Å². The van der Waals surface area contributed by atoms with E-state index in [1.165, 1.54) is 13.8 Å². The Morgan fingerprint density at radius 2 is 1.77 bits per heavy atom. The molecular formula is C5H10F2O5S. The molecule has 0 fully saturated rings. The van der Waals surface area contributed by atoms with E-state index < -0.39 is 27.8 Å². The van der Waals surface area contributed by atoms with Crippen LogP contribution in [0.3, 0.4) is 0 Å². The zero-order chi connectivity index (χ0) is 10.9. The van der Waals surface area contributed by atoms with Crippen molar-refractivity contribution < 1.29 is 31.6 Å². The van der Waals surface area contributed by atoms with Crippen molar-refractivity contribution in [3.05, 3.63) is 0 Å². The van der Waals surface area contributed by atoms with Crippen LogP contribution in [0.1, 0.15) is 13.8 Å². The second kappa shape index (κ2) is 3.82. The predicted molar refractivity (Wildman–Crippen MR) is 38.7 cm³/mol. The largest absolute Gasteiger partial charge is 0.418 e. The van der Waals surface area contributed by atoms with Gasteiger partial charge in [-0.2, -0.15) is 17.2 Å². The van der Waals surface area contributed by atoms with Crippen LogP contribution in [0.4, 0.5) is 8.78 Å². The average Bonchev–Trinajstić information content (AvgIpc) is 1.82. The van der Waals surface area contributed by atoms with Crippen LogP contribution in [0.2, 0.25) is 0 Å². The van der Waals surface area contributed by atoms with Gasteiger partial charge in [-0.05, 0) is 13.8 Å². The first kappa shape index (κ1) is 12.7. The SMILES string of the molecule is CC(C)OC(O)C(F)(F)S(=O)(=O)O. The molecule has 0 aromatic carbocycles. The Balaban J connectivity index is 4.65. The molecule has 13 heavy (non-hydrogen) atoms. The minimum atomic E-state index is -5.66. The summed E-state index contributed by atoms with van der Waals surface area (Å²) < 4.78 is 57.1. The van der Waals surface area contributed by atoms with E-state index in [1.54, 1.807) is 0 Å². The van der Waals surface area contributed by atoms with E-state index in [0.29, 0.717) is 0 Å². The van der Waals surface area contributed by atoms with Gasteiger partial charge in [0.05, 0.1) is 6.10 Å². The zero-order valence-electron chi connectivity index (χ0n) is 6.94. The van der Waals surface area contributed by atoms with Crippen molar-refractivity contribution in [2.24, 2.45) is 0 Å². The van der Waals surface area contributed by atoms with Crippen LogP contribution in [0.25, 0.3) is 0 Å². The Bertz CT molecular complexity index is 260. The molecule has 1 unspecified atom stereocenters. The van der Waals surface area contributed by atoms with E-state index in [0.717, 1.165) is 0 Å². The first-order valence-electron chi connectivity index (χ1n) is 3.27. The Kier molecular flexibility index (Phi) is 3.73. The lowest BCUT2D eigenvalue weighted by Gasteiger charge is -2.21. The summed E-state index contributed by atoms with van der Waals surface area (Å²) in [6.07, 6.45) is -3.66. The van der Waals surface area contributed by atoms with Crippen LogP contribution in [-0.4, -0.2) is 35.7 Å². The quantitative estimate of drug-likeness (QED) is 0.522. The van der Waals surface area contributed by atoms with E-state index in [9.17, 15) is 17.2 Å². The van der Waals surface area contributed by atoms with Gasteiger partial charge < -0.3 is 9.84 Å². The normalized spacial score (nSPS) is 16.2.